The van der Waals surface area contributed by atoms with Crippen molar-refractivity contribution in [2.45, 2.75) is 0 Å². The maximum Gasteiger partial charge on any atom is 0.258 e. The van der Waals surface area contributed by atoms with E-state index < -0.39 is 0 Å². The summed E-state index contributed by atoms with van der Waals surface area (Å²) in [6, 6.07) is 0. The van der Waals surface area contributed by atoms with Crippen LogP contribution in [0.4, 0.5) is 0 Å². The van der Waals surface area contributed by atoms with Crippen LogP contribution in [0.25, 0.3) is 0 Å². The minimum atomic E-state index is -0.144. The normalized spacial score (nSPS) is 19.5. The van der Waals surface area contributed by atoms with Crippen molar-refractivity contribution >= 4 is 24.1 Å². The maximum absolute atomic E-state index is 10.9. The lowest BCUT2D eigenvalue weighted by molar-refractivity contribution is -0.117. The number of amides is 1. The highest BCUT2D eigenvalue weighted by molar-refractivity contribution is 6.22. The van der Waals surface area contributed by atoms with E-state index in [2.05, 4.69) is 20.5 Å². The first-order valence-corrected chi connectivity index (χ1v) is 2.82. The number of aliphatic imine (C=N–C) groups is 1. The topological polar surface area (TPSA) is 66.2 Å². The number of azo groups is 1. The molecule has 2 aliphatic heterocycles. The number of hydrogen-bond acceptors (Lipinski definition) is 4. The van der Waals surface area contributed by atoms with Gasteiger partial charge in [-0.3, -0.25) is 4.79 Å². The van der Waals surface area contributed by atoms with Crippen molar-refractivity contribution in [3.63, 3.8) is 0 Å². The van der Waals surface area contributed by atoms with Crippen LogP contribution in [0.15, 0.2) is 27.0 Å². The second-order valence-corrected chi connectivity index (χ2v) is 1.90. The monoisotopic (exact) mass is 172 g/mol. The highest BCUT2D eigenvalue weighted by Crippen LogP contribution is 2.11. The Balaban J connectivity index is 0.000000605. The number of amidine groups is 1. The molecule has 2 aliphatic rings. The molecule has 0 bridgehead atoms. The molecule has 58 valence electrons. The van der Waals surface area contributed by atoms with Crippen LogP contribution in [0, 0.1) is 0 Å². The van der Waals surface area contributed by atoms with Crippen LogP contribution < -0.4 is 5.32 Å². The summed E-state index contributed by atoms with van der Waals surface area (Å²) >= 11 is 0. The summed E-state index contributed by atoms with van der Waals surface area (Å²) in [7, 11) is 0. The van der Waals surface area contributed by atoms with Crippen molar-refractivity contribution in [1.29, 1.82) is 0 Å². The van der Waals surface area contributed by atoms with Crippen LogP contribution in [0.1, 0.15) is 0 Å². The molecule has 5 nitrogen and oxygen atoms in total. The molecule has 0 fully saturated rings. The number of carbonyl (C=O) groups excluding carboxylic acids is 1. The van der Waals surface area contributed by atoms with Gasteiger partial charge < -0.3 is 5.32 Å². The zero-order valence-electron chi connectivity index (χ0n) is 5.44. The second-order valence-electron chi connectivity index (χ2n) is 1.90. The van der Waals surface area contributed by atoms with Gasteiger partial charge in [0.05, 0.1) is 6.20 Å². The molecule has 0 aromatic rings. The minimum Gasteiger partial charge on any atom is -0.333 e. The second kappa shape index (κ2) is 2.79. The van der Waals surface area contributed by atoms with Gasteiger partial charge in [-0.15, -0.1) is 17.5 Å². The fourth-order valence-electron chi connectivity index (χ4n) is 0.811. The molecular weight excluding hydrogens is 168 g/mol. The molecule has 0 saturated heterocycles. The van der Waals surface area contributed by atoms with Gasteiger partial charge in [-0.05, 0) is 0 Å². The summed E-state index contributed by atoms with van der Waals surface area (Å²) < 4.78 is 0. The molecule has 0 atom stereocenters. The Labute approximate surface area is 68.7 Å². The minimum absolute atomic E-state index is 0. The lowest BCUT2D eigenvalue weighted by Gasteiger charge is -2.07. The van der Waals surface area contributed by atoms with E-state index in [0.717, 1.165) is 0 Å². The SMILES string of the molecule is Cl.O=C1NCN=C2N=NC=C12. The number of rotatable bonds is 0. The maximum atomic E-state index is 10.9. The standard InChI is InChI=1S/C5H4N4O.ClH/c10-5-3-1-8-9-4(3)6-2-7-5;/h1H,2H2,(H,7,10);1H. The van der Waals surface area contributed by atoms with Crippen molar-refractivity contribution in [1.82, 2.24) is 5.32 Å². The fourth-order valence-corrected chi connectivity index (χ4v) is 0.811. The number of nitrogens with zero attached hydrogens (tertiary/aromatic N) is 3. The lowest BCUT2D eigenvalue weighted by atomic mass is 10.2. The molecule has 6 heteroatoms. The van der Waals surface area contributed by atoms with E-state index >= 15 is 0 Å². The van der Waals surface area contributed by atoms with E-state index in [-0.39, 0.29) is 18.3 Å². The number of fused-ring (bicyclic) bond motifs is 1. The van der Waals surface area contributed by atoms with Gasteiger partial charge in [0.1, 0.15) is 12.2 Å². The van der Waals surface area contributed by atoms with Crippen LogP contribution in [0.5, 0.6) is 0 Å². The number of halogens is 1. The van der Waals surface area contributed by atoms with Crippen LogP contribution in [-0.2, 0) is 4.79 Å². The summed E-state index contributed by atoms with van der Waals surface area (Å²) in [4.78, 5) is 14.8. The average molecular weight is 173 g/mol. The molecule has 0 radical (unpaired) electrons. The Hall–Kier alpha value is -1.23. The largest absolute Gasteiger partial charge is 0.333 e. The van der Waals surface area contributed by atoms with E-state index in [4.69, 9.17) is 0 Å². The van der Waals surface area contributed by atoms with Crippen LogP contribution in [-0.4, -0.2) is 18.4 Å². The molecule has 0 unspecified atom stereocenters. The van der Waals surface area contributed by atoms with Crippen molar-refractivity contribution < 1.29 is 4.79 Å². The molecule has 0 aromatic carbocycles. The zero-order valence-corrected chi connectivity index (χ0v) is 6.26. The van der Waals surface area contributed by atoms with Crippen molar-refractivity contribution in [3.8, 4) is 0 Å². The molecule has 11 heavy (non-hydrogen) atoms. The third-order valence-corrected chi connectivity index (χ3v) is 1.29. The van der Waals surface area contributed by atoms with E-state index in [1.807, 2.05) is 0 Å². The molecule has 0 saturated carbocycles. The van der Waals surface area contributed by atoms with E-state index in [1.165, 1.54) is 6.20 Å². The molecule has 1 N–H and O–H groups in total. The quantitative estimate of drug-likeness (QED) is 0.559. The molecule has 0 aliphatic carbocycles. The summed E-state index contributed by atoms with van der Waals surface area (Å²) in [5, 5.41) is 9.72. The Morgan fingerprint density at radius 1 is 1.55 bits per heavy atom. The highest BCUT2D eigenvalue weighted by Gasteiger charge is 2.22. The first kappa shape index (κ1) is 7.87. The third kappa shape index (κ3) is 1.14. The number of carbonyl (C=O) groups is 1. The van der Waals surface area contributed by atoms with E-state index in [0.29, 0.717) is 18.1 Å². The first-order valence-electron chi connectivity index (χ1n) is 2.82. The summed E-state index contributed by atoms with van der Waals surface area (Å²) in [6.07, 6.45) is 1.41. The van der Waals surface area contributed by atoms with Gasteiger partial charge >= 0.3 is 0 Å². The summed E-state index contributed by atoms with van der Waals surface area (Å²) in [5.74, 6) is 0.304. The smallest absolute Gasteiger partial charge is 0.258 e. The molecule has 0 spiro atoms. The van der Waals surface area contributed by atoms with Gasteiger partial charge in [-0.25, -0.2) is 4.99 Å². The number of nitrogens with one attached hydrogen (secondary N) is 1. The van der Waals surface area contributed by atoms with Gasteiger partial charge in [0.2, 0.25) is 0 Å². The molecular formula is C5H5ClN4O. The number of hydrogen-bond donors (Lipinski definition) is 1. The molecule has 1 amide bonds. The van der Waals surface area contributed by atoms with Gasteiger partial charge in [-0.1, -0.05) is 0 Å². The van der Waals surface area contributed by atoms with Gasteiger partial charge in [0.25, 0.3) is 5.91 Å². The molecule has 2 rings (SSSR count). The van der Waals surface area contributed by atoms with Crippen LogP contribution >= 0.6 is 12.4 Å². The van der Waals surface area contributed by atoms with Gasteiger partial charge in [-0.2, -0.15) is 5.11 Å². The van der Waals surface area contributed by atoms with E-state index in [1.54, 1.807) is 0 Å². The van der Waals surface area contributed by atoms with E-state index in [9.17, 15) is 4.79 Å². The first-order chi connectivity index (χ1) is 4.88. The summed E-state index contributed by atoms with van der Waals surface area (Å²) in [5.41, 5.74) is 0.464. The van der Waals surface area contributed by atoms with Crippen molar-refractivity contribution in [3.05, 3.63) is 11.8 Å². The Bertz CT molecular complexity index is 280. The fraction of sp³-hybridized carbons (Fsp3) is 0.200. The van der Waals surface area contributed by atoms with Crippen molar-refractivity contribution in [2.24, 2.45) is 15.2 Å². The Morgan fingerprint density at radius 3 is 3.09 bits per heavy atom. The summed E-state index contributed by atoms with van der Waals surface area (Å²) in [6.45, 7) is 0.310. The Morgan fingerprint density at radius 2 is 2.36 bits per heavy atom. The predicted molar refractivity (Wildman–Crippen MR) is 40.6 cm³/mol. The van der Waals surface area contributed by atoms with Crippen LogP contribution in [0.2, 0.25) is 0 Å². The lowest BCUT2D eigenvalue weighted by Crippen LogP contribution is -2.32. The third-order valence-electron chi connectivity index (χ3n) is 1.29. The van der Waals surface area contributed by atoms with Crippen molar-refractivity contribution in [2.75, 3.05) is 6.67 Å². The van der Waals surface area contributed by atoms with Gasteiger partial charge in [0, 0.05) is 0 Å². The average Bonchev–Trinajstić information content (AvgIpc) is 2.36. The molecule has 0 aromatic heterocycles. The predicted octanol–water partition coefficient (Wildman–Crippen LogP) is 0.244. The van der Waals surface area contributed by atoms with Crippen LogP contribution in [0.3, 0.4) is 0 Å². The molecule has 2 heterocycles. The highest BCUT2D eigenvalue weighted by atomic mass is 35.5. The zero-order chi connectivity index (χ0) is 6.97. The Kier molecular flexibility index (Phi) is 2.00. The van der Waals surface area contributed by atoms with Gasteiger partial charge in [0.15, 0.2) is 5.84 Å².